The Bertz CT molecular complexity index is 1220. The van der Waals surface area contributed by atoms with Crippen molar-refractivity contribution in [2.75, 3.05) is 5.90 Å². The van der Waals surface area contributed by atoms with Gasteiger partial charge in [-0.3, -0.25) is 0 Å². The summed E-state index contributed by atoms with van der Waals surface area (Å²) in [6.07, 6.45) is 0. The Morgan fingerprint density at radius 1 is 0.571 bits per heavy atom. The van der Waals surface area contributed by atoms with Crippen LogP contribution in [0, 0.1) is 20.7 Å². The summed E-state index contributed by atoms with van der Waals surface area (Å²) < 4.78 is 73.9. The zero-order chi connectivity index (χ0) is 29.3. The summed E-state index contributed by atoms with van der Waals surface area (Å²) in [6, 6.07) is 44.1. The Balaban J connectivity index is -0.000000880. The van der Waals surface area contributed by atoms with Crippen LogP contribution in [0.3, 0.4) is 0 Å². The van der Waals surface area contributed by atoms with Crippen molar-refractivity contribution >= 4 is 47.2 Å². The Hall–Kier alpha value is -1.78. The molecule has 13 heteroatoms. The first-order valence-corrected chi connectivity index (χ1v) is 15.3. The van der Waals surface area contributed by atoms with E-state index in [-0.39, 0.29) is 47.6 Å². The maximum absolute atomic E-state index is 10.7. The molecule has 0 aliphatic carbocycles. The maximum atomic E-state index is 10.7. The van der Waals surface area contributed by atoms with Gasteiger partial charge in [0.15, 0.2) is 10.1 Å². The van der Waals surface area contributed by atoms with Crippen LogP contribution in [0.1, 0.15) is 0 Å². The van der Waals surface area contributed by atoms with E-state index in [0.717, 1.165) is 0 Å². The Kier molecular flexibility index (Phi) is 25.1. The van der Waals surface area contributed by atoms with Gasteiger partial charge in [0.05, 0.1) is 0 Å². The predicted octanol–water partition coefficient (Wildman–Crippen LogP) is 5.63. The Labute approximate surface area is 274 Å². The maximum Gasteiger partial charge on any atom is 0.00405 e. The first-order chi connectivity index (χ1) is 18.7. The molecule has 0 aliphatic rings. The molecule has 0 saturated carbocycles. The molecule has 0 unspecified atom stereocenters. The van der Waals surface area contributed by atoms with Crippen LogP contribution in [-0.4, -0.2) is 24.4 Å². The summed E-state index contributed by atoms with van der Waals surface area (Å²) >= 11 is 0. The van der Waals surface area contributed by atoms with Crippen molar-refractivity contribution in [2.45, 2.75) is 5.51 Å². The summed E-state index contributed by atoms with van der Waals surface area (Å²) in [7, 11) is -6.91. The van der Waals surface area contributed by atoms with Gasteiger partial charge < -0.3 is 12.0 Å². The van der Waals surface area contributed by atoms with Crippen molar-refractivity contribution in [3.8, 4) is 0 Å². The van der Waals surface area contributed by atoms with E-state index < -0.39 is 31.5 Å². The zero-order valence-electron chi connectivity index (χ0n) is 21.9. The van der Waals surface area contributed by atoms with Gasteiger partial charge in [0, 0.05) is 46.1 Å². The number of halogens is 3. The van der Waals surface area contributed by atoms with Gasteiger partial charge in [0.25, 0.3) is 0 Å². The van der Waals surface area contributed by atoms with Gasteiger partial charge in [-0.25, -0.2) is 8.42 Å². The van der Waals surface area contributed by atoms with E-state index in [4.69, 9.17) is 22.3 Å². The third kappa shape index (κ3) is 15.1. The molecule has 0 fully saturated rings. The first-order valence-electron chi connectivity index (χ1n) is 10.8. The minimum absolute atomic E-state index is 0. The van der Waals surface area contributed by atoms with Crippen LogP contribution < -0.4 is 21.2 Å². The minimum atomic E-state index is -6.09. The summed E-state index contributed by atoms with van der Waals surface area (Å²) in [5.41, 5.74) is -5.65. The van der Waals surface area contributed by atoms with E-state index in [9.17, 15) is 13.2 Å². The van der Waals surface area contributed by atoms with Crippen molar-refractivity contribution in [3.63, 3.8) is 0 Å². The fourth-order valence-electron chi connectivity index (χ4n) is 3.20. The van der Waals surface area contributed by atoms with Gasteiger partial charge >= 0.3 is 28.1 Å². The van der Waals surface area contributed by atoms with Crippen LogP contribution in [0.25, 0.3) is 0 Å². The van der Waals surface area contributed by atoms with Gasteiger partial charge in [0.2, 0.25) is 0 Å². The van der Waals surface area contributed by atoms with Gasteiger partial charge in [-0.1, -0.05) is 121 Å². The molecule has 0 atom stereocenters. The van der Waals surface area contributed by atoms with Crippen LogP contribution in [0.5, 0.6) is 0 Å². The molecular formula is C29H25F3Ir2O5P2S-2. The van der Waals surface area contributed by atoms with E-state index in [0.29, 0.717) is 0 Å². The molecule has 0 N–H and O–H groups in total. The molecule has 0 aliphatic heterocycles. The fourth-order valence-corrected chi connectivity index (χ4v) is 9.67. The van der Waals surface area contributed by atoms with E-state index in [1.807, 2.05) is 0 Å². The standard InChI is InChI=1S/C25H22P2.CHF3O3S.2CO.CH3.2Ir/c1-5-13-22(14-6-1)26(23-15-7-2-8-16-23)21-27(24-17-9-3-10-18-24)25-19-11-4-12-20-25;2-1(3,4)8(5,6)7;2*1-2;;;/h1-20H,21H2;(H,5,6,7);;;1H3;;/q;;;;-1;;/p-1. The molecule has 0 heterocycles. The quantitative estimate of drug-likeness (QED) is 0.0825. The van der Waals surface area contributed by atoms with E-state index in [2.05, 4.69) is 135 Å². The van der Waals surface area contributed by atoms with Crippen LogP contribution in [-0.2, 0) is 59.6 Å². The monoisotopic (exact) mass is 990 g/mol. The second kappa shape index (κ2) is 23.6. The van der Waals surface area contributed by atoms with Crippen molar-refractivity contribution in [1.82, 2.24) is 0 Å². The summed E-state index contributed by atoms with van der Waals surface area (Å²) in [5, 5.41) is 5.83. The van der Waals surface area contributed by atoms with Crippen molar-refractivity contribution in [3.05, 3.63) is 142 Å². The Morgan fingerprint density at radius 2 is 0.738 bits per heavy atom. The van der Waals surface area contributed by atoms with Crippen LogP contribution in [0.2, 0.25) is 0 Å². The number of benzene rings is 4. The molecule has 0 spiro atoms. The van der Waals surface area contributed by atoms with E-state index in [1.165, 1.54) is 27.1 Å². The van der Waals surface area contributed by atoms with Crippen molar-refractivity contribution in [2.24, 2.45) is 0 Å². The second-order valence-electron chi connectivity index (χ2n) is 7.24. The molecule has 0 saturated heterocycles. The molecule has 42 heavy (non-hydrogen) atoms. The predicted molar refractivity (Wildman–Crippen MR) is 153 cm³/mol. The van der Waals surface area contributed by atoms with Crippen LogP contribution in [0.4, 0.5) is 13.2 Å². The van der Waals surface area contributed by atoms with E-state index >= 15 is 0 Å². The SMILES string of the molecule is O=S(=O)([O-])C(F)(F)F.[C-]#[O+].[C-]#[O+].[CH3-].[Ir].[Ir].c1ccc(P(CP(c2ccccc2)c2ccccc2)c2ccccc2)cc1. The normalized spacial score (nSPS) is 9.86. The fraction of sp³-hybridized carbons (Fsp3) is 0.0690. The summed E-state index contributed by atoms with van der Waals surface area (Å²) in [4.78, 5) is 0. The van der Waals surface area contributed by atoms with Crippen molar-refractivity contribution in [1.29, 1.82) is 0 Å². The molecule has 5 nitrogen and oxygen atoms in total. The van der Waals surface area contributed by atoms with Crippen molar-refractivity contribution < 1.29 is 75.7 Å². The average Bonchev–Trinajstić information content (AvgIpc) is 2.97. The number of rotatable bonds is 6. The summed E-state index contributed by atoms with van der Waals surface area (Å²) in [6.45, 7) is 9.00. The van der Waals surface area contributed by atoms with Crippen LogP contribution >= 0.6 is 15.8 Å². The third-order valence-electron chi connectivity index (χ3n) is 4.84. The summed E-state index contributed by atoms with van der Waals surface area (Å²) in [5.74, 6) is 1.17. The zero-order valence-corrected chi connectivity index (χ0v) is 29.3. The van der Waals surface area contributed by atoms with E-state index in [1.54, 1.807) is 0 Å². The Morgan fingerprint density at radius 3 is 0.881 bits per heavy atom. The average molecular weight is 989 g/mol. The molecule has 0 amide bonds. The molecule has 0 bridgehead atoms. The molecule has 228 valence electrons. The smallest absolute Gasteiger partial charge is 0.00405 e. The van der Waals surface area contributed by atoms with Gasteiger partial charge in [-0.2, -0.15) is 13.2 Å². The van der Waals surface area contributed by atoms with Gasteiger partial charge in [-0.15, -0.1) is 0 Å². The van der Waals surface area contributed by atoms with Crippen LogP contribution in [0.15, 0.2) is 121 Å². The number of hydrogen-bond acceptors (Lipinski definition) is 3. The first kappa shape index (κ1) is 44.7. The molecule has 4 rings (SSSR count). The molecule has 2 radical (unpaired) electrons. The number of alkyl halides is 3. The largest absolute Gasteiger partial charge is 0.358 e. The molecule has 0 aromatic heterocycles. The molecular weight excluding hydrogens is 964 g/mol. The topological polar surface area (TPSA) is 97.0 Å². The molecule has 4 aromatic rings. The minimum Gasteiger partial charge on any atom is -0.358 e. The molecule has 4 aromatic carbocycles. The third-order valence-corrected chi connectivity index (χ3v) is 11.4. The van der Waals surface area contributed by atoms with Gasteiger partial charge in [0.1, 0.15) is 0 Å². The van der Waals surface area contributed by atoms with Gasteiger partial charge in [-0.05, 0) is 37.1 Å². The number of hydrogen-bond donors (Lipinski definition) is 0. The second-order valence-corrected chi connectivity index (χ2v) is 13.5.